The van der Waals surface area contributed by atoms with Crippen molar-refractivity contribution in [2.24, 2.45) is 5.92 Å². The summed E-state index contributed by atoms with van der Waals surface area (Å²) in [6.45, 7) is 3.09. The summed E-state index contributed by atoms with van der Waals surface area (Å²) >= 11 is 1.76. The van der Waals surface area contributed by atoms with Crippen molar-refractivity contribution in [3.8, 4) is 6.07 Å². The minimum absolute atomic E-state index is 0.270. The lowest BCUT2D eigenvalue weighted by Gasteiger charge is -2.35. The molecule has 0 aliphatic heterocycles. The van der Waals surface area contributed by atoms with Gasteiger partial charge in [-0.15, -0.1) is 11.3 Å². The molecule has 1 N–H and O–H groups in total. The number of hydrogen-bond acceptors (Lipinski definition) is 3. The van der Waals surface area contributed by atoms with Crippen molar-refractivity contribution >= 4 is 11.3 Å². The van der Waals surface area contributed by atoms with Crippen molar-refractivity contribution in [2.75, 3.05) is 0 Å². The molecular weight excluding hydrogens is 240 g/mol. The van der Waals surface area contributed by atoms with Gasteiger partial charge in [0.25, 0.3) is 0 Å². The lowest BCUT2D eigenvalue weighted by molar-refractivity contribution is 0.228. The molecule has 1 aromatic heterocycles. The number of rotatable bonds is 5. The highest BCUT2D eigenvalue weighted by molar-refractivity contribution is 7.09. The highest BCUT2D eigenvalue weighted by atomic mass is 32.1. The van der Waals surface area contributed by atoms with Crippen molar-refractivity contribution in [1.29, 1.82) is 5.26 Å². The van der Waals surface area contributed by atoms with E-state index in [1.807, 2.05) is 0 Å². The molecule has 1 saturated carbocycles. The summed E-state index contributed by atoms with van der Waals surface area (Å²) < 4.78 is 0. The second-order valence-electron chi connectivity index (χ2n) is 5.36. The van der Waals surface area contributed by atoms with E-state index in [1.165, 1.54) is 30.6 Å². The van der Waals surface area contributed by atoms with E-state index in [0.29, 0.717) is 0 Å². The van der Waals surface area contributed by atoms with Crippen LogP contribution in [-0.4, -0.2) is 5.54 Å². The summed E-state index contributed by atoms with van der Waals surface area (Å²) in [7, 11) is 0. The van der Waals surface area contributed by atoms with E-state index in [4.69, 9.17) is 0 Å². The van der Waals surface area contributed by atoms with E-state index in [1.54, 1.807) is 11.3 Å². The Kier molecular flexibility index (Phi) is 4.79. The zero-order valence-electron chi connectivity index (χ0n) is 11.1. The summed E-state index contributed by atoms with van der Waals surface area (Å²) in [6, 6.07) is 6.73. The molecule has 1 aliphatic rings. The van der Waals surface area contributed by atoms with E-state index in [0.717, 1.165) is 25.3 Å². The first-order valence-electron chi connectivity index (χ1n) is 6.96. The van der Waals surface area contributed by atoms with E-state index < -0.39 is 0 Å². The van der Waals surface area contributed by atoms with Gasteiger partial charge in [0.2, 0.25) is 0 Å². The van der Waals surface area contributed by atoms with Gasteiger partial charge in [-0.2, -0.15) is 5.26 Å². The van der Waals surface area contributed by atoms with Gasteiger partial charge in [-0.1, -0.05) is 25.8 Å². The third-order valence-corrected chi connectivity index (χ3v) is 4.93. The summed E-state index contributed by atoms with van der Waals surface area (Å²) in [4.78, 5) is 1.32. The molecule has 98 valence electrons. The van der Waals surface area contributed by atoms with Gasteiger partial charge in [0.1, 0.15) is 5.54 Å². The maximum absolute atomic E-state index is 9.48. The Labute approximate surface area is 114 Å². The zero-order valence-corrected chi connectivity index (χ0v) is 11.9. The first-order chi connectivity index (χ1) is 8.78. The Hall–Kier alpha value is -0.850. The molecule has 0 saturated heterocycles. The Morgan fingerprint density at radius 3 is 2.83 bits per heavy atom. The van der Waals surface area contributed by atoms with E-state index in [2.05, 4.69) is 35.8 Å². The molecule has 0 amide bonds. The molecule has 1 heterocycles. The third-order valence-electron chi connectivity index (χ3n) is 4.05. The third kappa shape index (κ3) is 3.34. The highest BCUT2D eigenvalue weighted by Crippen LogP contribution is 2.34. The van der Waals surface area contributed by atoms with Crippen molar-refractivity contribution in [3.05, 3.63) is 22.4 Å². The fraction of sp³-hybridized carbons (Fsp3) is 0.667. The Bertz CT molecular complexity index is 383. The molecule has 2 rings (SSSR count). The van der Waals surface area contributed by atoms with Crippen LogP contribution in [0.2, 0.25) is 0 Å². The van der Waals surface area contributed by atoms with Crippen LogP contribution >= 0.6 is 11.3 Å². The van der Waals surface area contributed by atoms with E-state index in [-0.39, 0.29) is 5.54 Å². The molecule has 1 aromatic rings. The quantitative estimate of drug-likeness (QED) is 0.867. The fourth-order valence-corrected chi connectivity index (χ4v) is 3.51. The zero-order chi connectivity index (χ0) is 12.8. The molecule has 0 aromatic carbocycles. The first kappa shape index (κ1) is 13.6. The smallest absolute Gasteiger partial charge is 0.107 e. The van der Waals surface area contributed by atoms with Gasteiger partial charge in [-0.25, -0.2) is 0 Å². The maximum Gasteiger partial charge on any atom is 0.107 e. The van der Waals surface area contributed by atoms with Crippen molar-refractivity contribution in [3.63, 3.8) is 0 Å². The molecular formula is C15H22N2S. The molecule has 2 nitrogen and oxygen atoms in total. The largest absolute Gasteiger partial charge is 0.294 e. The van der Waals surface area contributed by atoms with Crippen LogP contribution in [0.3, 0.4) is 0 Å². The van der Waals surface area contributed by atoms with Crippen LogP contribution in [0.1, 0.15) is 50.3 Å². The molecule has 0 spiro atoms. The Morgan fingerprint density at radius 1 is 1.50 bits per heavy atom. The predicted octanol–water partition coefficient (Wildman–Crippen LogP) is 4.09. The Morgan fingerprint density at radius 2 is 2.28 bits per heavy atom. The standard InChI is InChI=1S/C15H22N2S/c1-2-4-13-6-8-15(12-16,9-7-13)17-11-14-5-3-10-18-14/h3,5,10,13,17H,2,4,6-9,11H2,1H3. The van der Waals surface area contributed by atoms with E-state index in [9.17, 15) is 5.26 Å². The lowest BCUT2D eigenvalue weighted by Crippen LogP contribution is -2.46. The lowest BCUT2D eigenvalue weighted by atomic mass is 9.76. The van der Waals surface area contributed by atoms with Crippen LogP contribution in [0, 0.1) is 17.2 Å². The van der Waals surface area contributed by atoms with Crippen LogP contribution < -0.4 is 5.32 Å². The molecule has 1 aliphatic carbocycles. The van der Waals surface area contributed by atoms with Gasteiger partial charge < -0.3 is 0 Å². The maximum atomic E-state index is 9.48. The van der Waals surface area contributed by atoms with Crippen molar-refractivity contribution < 1.29 is 0 Å². The van der Waals surface area contributed by atoms with Crippen LogP contribution in [-0.2, 0) is 6.54 Å². The molecule has 0 bridgehead atoms. The molecule has 1 fully saturated rings. The average Bonchev–Trinajstić information content (AvgIpc) is 2.92. The minimum atomic E-state index is -0.270. The number of nitriles is 1. The second kappa shape index (κ2) is 6.36. The van der Waals surface area contributed by atoms with Gasteiger partial charge in [-0.05, 0) is 43.0 Å². The molecule has 3 heteroatoms. The highest BCUT2D eigenvalue weighted by Gasteiger charge is 2.34. The van der Waals surface area contributed by atoms with Gasteiger partial charge >= 0.3 is 0 Å². The van der Waals surface area contributed by atoms with Gasteiger partial charge in [0, 0.05) is 11.4 Å². The predicted molar refractivity (Wildman–Crippen MR) is 76.4 cm³/mol. The van der Waals surface area contributed by atoms with Crippen LogP contribution in [0.25, 0.3) is 0 Å². The molecule has 18 heavy (non-hydrogen) atoms. The Balaban J connectivity index is 1.86. The van der Waals surface area contributed by atoms with Gasteiger partial charge in [-0.3, -0.25) is 5.32 Å². The monoisotopic (exact) mass is 262 g/mol. The number of hydrogen-bond donors (Lipinski definition) is 1. The number of nitrogens with one attached hydrogen (secondary N) is 1. The fourth-order valence-electron chi connectivity index (χ4n) is 2.86. The summed E-state index contributed by atoms with van der Waals surface area (Å²) in [5.41, 5.74) is -0.270. The van der Waals surface area contributed by atoms with E-state index >= 15 is 0 Å². The minimum Gasteiger partial charge on any atom is -0.294 e. The van der Waals surface area contributed by atoms with Crippen LogP contribution in [0.15, 0.2) is 17.5 Å². The summed E-state index contributed by atoms with van der Waals surface area (Å²) in [5, 5.41) is 15.1. The van der Waals surface area contributed by atoms with Crippen LogP contribution in [0.5, 0.6) is 0 Å². The first-order valence-corrected chi connectivity index (χ1v) is 7.84. The van der Waals surface area contributed by atoms with Crippen LogP contribution in [0.4, 0.5) is 0 Å². The normalized spacial score (nSPS) is 27.9. The van der Waals surface area contributed by atoms with Crippen molar-refractivity contribution in [2.45, 2.75) is 57.5 Å². The number of nitrogens with zero attached hydrogens (tertiary/aromatic N) is 1. The van der Waals surface area contributed by atoms with Gasteiger partial charge in [0.15, 0.2) is 0 Å². The number of thiophene rings is 1. The topological polar surface area (TPSA) is 35.8 Å². The molecule has 0 atom stereocenters. The van der Waals surface area contributed by atoms with Crippen molar-refractivity contribution in [1.82, 2.24) is 5.32 Å². The summed E-state index contributed by atoms with van der Waals surface area (Å²) in [6.07, 6.45) is 7.04. The SMILES string of the molecule is CCCC1CCC(C#N)(NCc2cccs2)CC1. The summed E-state index contributed by atoms with van der Waals surface area (Å²) in [5.74, 6) is 0.847. The second-order valence-corrected chi connectivity index (χ2v) is 6.39. The van der Waals surface area contributed by atoms with Gasteiger partial charge in [0.05, 0.1) is 6.07 Å². The average molecular weight is 262 g/mol. The molecule has 0 radical (unpaired) electrons. The molecule has 0 unspecified atom stereocenters.